The molecule has 1 N–H and O–H groups in total. The van der Waals surface area contributed by atoms with Gasteiger partial charge in [-0.25, -0.2) is 4.98 Å². The molecule has 1 aliphatic rings. The Kier molecular flexibility index (Phi) is 6.74. The van der Waals surface area contributed by atoms with Crippen molar-refractivity contribution in [1.29, 1.82) is 5.26 Å². The molecule has 5 heteroatoms. The molecule has 0 amide bonds. The number of pyridine rings is 1. The van der Waals surface area contributed by atoms with Crippen LogP contribution in [0, 0.1) is 11.3 Å². The summed E-state index contributed by atoms with van der Waals surface area (Å²) in [4.78, 5) is 4.94. The first-order chi connectivity index (χ1) is 14.7. The largest absolute Gasteiger partial charge is 0.313 e. The summed E-state index contributed by atoms with van der Waals surface area (Å²) in [5, 5.41) is 15.5. The number of halogens is 1. The predicted molar refractivity (Wildman–Crippen MR) is 126 cm³/mol. The highest BCUT2D eigenvalue weighted by molar-refractivity contribution is 8.00. The van der Waals surface area contributed by atoms with Crippen molar-refractivity contribution < 1.29 is 0 Å². The van der Waals surface area contributed by atoms with E-state index in [1.807, 2.05) is 48.5 Å². The second-order valence-electron chi connectivity index (χ2n) is 7.60. The number of aromatic nitrogens is 1. The molecule has 1 fully saturated rings. The highest BCUT2D eigenvalue weighted by Crippen LogP contribution is 2.37. The molecule has 2 atom stereocenters. The molecule has 0 saturated carbocycles. The van der Waals surface area contributed by atoms with Gasteiger partial charge in [-0.2, -0.15) is 5.26 Å². The summed E-state index contributed by atoms with van der Waals surface area (Å²) in [6.45, 7) is 3.29. The van der Waals surface area contributed by atoms with E-state index in [0.29, 0.717) is 21.9 Å². The molecule has 4 rings (SSSR count). The Morgan fingerprint density at radius 3 is 2.53 bits per heavy atom. The molecule has 152 valence electrons. The summed E-state index contributed by atoms with van der Waals surface area (Å²) in [5.41, 5.74) is 4.42. The fourth-order valence-electron chi connectivity index (χ4n) is 3.87. The highest BCUT2D eigenvalue weighted by atomic mass is 35.5. The number of piperidine rings is 1. The van der Waals surface area contributed by atoms with E-state index in [1.54, 1.807) is 11.8 Å². The zero-order valence-electron chi connectivity index (χ0n) is 16.9. The molecule has 0 spiro atoms. The van der Waals surface area contributed by atoms with Gasteiger partial charge in [0, 0.05) is 27.4 Å². The number of nitrogens with zero attached hydrogens (tertiary/aromatic N) is 2. The van der Waals surface area contributed by atoms with Gasteiger partial charge in [0.05, 0.1) is 11.3 Å². The highest BCUT2D eigenvalue weighted by Gasteiger charge is 2.24. The summed E-state index contributed by atoms with van der Waals surface area (Å²) >= 11 is 7.80. The topological polar surface area (TPSA) is 48.7 Å². The zero-order chi connectivity index (χ0) is 20.9. The monoisotopic (exact) mass is 433 g/mol. The Balaban J connectivity index is 1.79. The summed E-state index contributed by atoms with van der Waals surface area (Å²) < 4.78 is 0. The van der Waals surface area contributed by atoms with Crippen molar-refractivity contribution in [1.82, 2.24) is 10.3 Å². The lowest BCUT2D eigenvalue weighted by atomic mass is 9.99. The van der Waals surface area contributed by atoms with E-state index in [1.165, 1.54) is 19.3 Å². The van der Waals surface area contributed by atoms with Gasteiger partial charge in [-0.05, 0) is 43.1 Å². The van der Waals surface area contributed by atoms with Crippen LogP contribution in [0.2, 0.25) is 5.02 Å². The quantitative estimate of drug-likeness (QED) is 0.462. The normalized spacial score (nSPS) is 17.3. The minimum Gasteiger partial charge on any atom is -0.313 e. The van der Waals surface area contributed by atoms with Crippen LogP contribution in [-0.4, -0.2) is 22.8 Å². The average molecular weight is 434 g/mol. The molecule has 1 aliphatic heterocycles. The summed E-state index contributed by atoms with van der Waals surface area (Å²) in [5.74, 6) is 0. The molecular weight excluding hydrogens is 410 g/mol. The first-order valence-corrected chi connectivity index (χ1v) is 11.6. The van der Waals surface area contributed by atoms with Crippen molar-refractivity contribution in [2.75, 3.05) is 6.54 Å². The van der Waals surface area contributed by atoms with Gasteiger partial charge < -0.3 is 5.32 Å². The Morgan fingerprint density at radius 2 is 1.87 bits per heavy atom. The molecule has 0 radical (unpaired) electrons. The molecule has 30 heavy (non-hydrogen) atoms. The Hall–Kier alpha value is -2.32. The molecule has 3 nitrogen and oxygen atoms in total. The third kappa shape index (κ3) is 4.70. The standard InChI is InChI=1S/C25H24ClN3S/c1-17(23-9-5-6-14-28-23)30-25-22(16-27)21(18-10-12-20(26)13-11-18)15-24(29-25)19-7-3-2-4-8-19/h2-4,7-8,10-13,15,17,23,28H,5-6,9,14H2,1H3. The SMILES string of the molecule is CC(Sc1nc(-c2ccccc2)cc(-c2ccc(Cl)cc2)c1C#N)C1CCCCN1. The van der Waals surface area contributed by atoms with Crippen molar-refractivity contribution in [2.45, 2.75) is 42.5 Å². The molecular formula is C25H24ClN3S. The molecule has 2 unspecified atom stereocenters. The van der Waals surface area contributed by atoms with E-state index in [9.17, 15) is 5.26 Å². The van der Waals surface area contributed by atoms with Crippen LogP contribution in [0.4, 0.5) is 0 Å². The first-order valence-electron chi connectivity index (χ1n) is 10.3. The van der Waals surface area contributed by atoms with Crippen LogP contribution in [0.15, 0.2) is 65.7 Å². The van der Waals surface area contributed by atoms with Crippen molar-refractivity contribution in [3.05, 3.63) is 71.2 Å². The van der Waals surface area contributed by atoms with E-state index in [0.717, 1.165) is 34.0 Å². The minimum absolute atomic E-state index is 0.328. The minimum atomic E-state index is 0.328. The Bertz CT molecular complexity index is 1040. The number of nitrogens with one attached hydrogen (secondary N) is 1. The molecule has 0 bridgehead atoms. The maximum atomic E-state index is 10.1. The van der Waals surface area contributed by atoms with Crippen molar-refractivity contribution in [3.8, 4) is 28.5 Å². The van der Waals surface area contributed by atoms with Gasteiger partial charge in [-0.15, -0.1) is 11.8 Å². The van der Waals surface area contributed by atoms with Crippen LogP contribution >= 0.6 is 23.4 Å². The number of benzene rings is 2. The van der Waals surface area contributed by atoms with Crippen molar-refractivity contribution in [2.24, 2.45) is 0 Å². The van der Waals surface area contributed by atoms with Crippen molar-refractivity contribution in [3.63, 3.8) is 0 Å². The van der Waals surface area contributed by atoms with Crippen LogP contribution in [0.25, 0.3) is 22.4 Å². The van der Waals surface area contributed by atoms with E-state index in [-0.39, 0.29) is 0 Å². The van der Waals surface area contributed by atoms with Crippen LogP contribution in [0.5, 0.6) is 0 Å². The van der Waals surface area contributed by atoms with Crippen LogP contribution < -0.4 is 5.32 Å². The van der Waals surface area contributed by atoms with Gasteiger partial charge in [-0.3, -0.25) is 0 Å². The van der Waals surface area contributed by atoms with E-state index in [4.69, 9.17) is 16.6 Å². The molecule has 2 aromatic carbocycles. The van der Waals surface area contributed by atoms with Gasteiger partial charge >= 0.3 is 0 Å². The molecule has 2 heterocycles. The smallest absolute Gasteiger partial charge is 0.115 e. The lowest BCUT2D eigenvalue weighted by Crippen LogP contribution is -2.40. The van der Waals surface area contributed by atoms with Gasteiger partial charge in [0.25, 0.3) is 0 Å². The fraction of sp³-hybridized carbons (Fsp3) is 0.280. The Morgan fingerprint density at radius 1 is 1.10 bits per heavy atom. The number of rotatable bonds is 5. The fourth-order valence-corrected chi connectivity index (χ4v) is 5.17. The summed E-state index contributed by atoms with van der Waals surface area (Å²) in [6.07, 6.45) is 3.65. The average Bonchev–Trinajstić information content (AvgIpc) is 2.80. The van der Waals surface area contributed by atoms with E-state index < -0.39 is 0 Å². The maximum absolute atomic E-state index is 10.1. The third-order valence-corrected chi connectivity index (χ3v) is 7.01. The van der Waals surface area contributed by atoms with Gasteiger partial charge in [-0.1, -0.05) is 67.4 Å². The predicted octanol–water partition coefficient (Wildman–Crippen LogP) is 6.56. The maximum Gasteiger partial charge on any atom is 0.115 e. The first kappa shape index (κ1) is 20.9. The van der Waals surface area contributed by atoms with Crippen molar-refractivity contribution >= 4 is 23.4 Å². The molecule has 1 saturated heterocycles. The summed E-state index contributed by atoms with van der Waals surface area (Å²) in [6, 6.07) is 22.7. The van der Waals surface area contributed by atoms with E-state index in [2.05, 4.69) is 30.4 Å². The second kappa shape index (κ2) is 9.66. The zero-order valence-corrected chi connectivity index (χ0v) is 18.5. The van der Waals surface area contributed by atoms with Gasteiger partial charge in [0.1, 0.15) is 11.1 Å². The lowest BCUT2D eigenvalue weighted by Gasteiger charge is -2.28. The molecule has 0 aliphatic carbocycles. The number of hydrogen-bond acceptors (Lipinski definition) is 4. The third-order valence-electron chi connectivity index (χ3n) is 5.54. The lowest BCUT2D eigenvalue weighted by molar-refractivity contribution is 0.399. The van der Waals surface area contributed by atoms with Crippen LogP contribution in [0.3, 0.4) is 0 Å². The number of nitriles is 1. The van der Waals surface area contributed by atoms with E-state index >= 15 is 0 Å². The van der Waals surface area contributed by atoms with Gasteiger partial charge in [0.2, 0.25) is 0 Å². The number of thioether (sulfide) groups is 1. The van der Waals surface area contributed by atoms with Gasteiger partial charge in [0.15, 0.2) is 0 Å². The number of hydrogen-bond donors (Lipinski definition) is 1. The Labute approximate surface area is 187 Å². The summed E-state index contributed by atoms with van der Waals surface area (Å²) in [7, 11) is 0. The molecule has 1 aromatic heterocycles. The second-order valence-corrected chi connectivity index (χ2v) is 9.40. The molecule has 3 aromatic rings. The van der Waals surface area contributed by atoms with Crippen LogP contribution in [-0.2, 0) is 0 Å². The van der Waals surface area contributed by atoms with Crippen LogP contribution in [0.1, 0.15) is 31.7 Å².